The molecule has 1 aromatic rings. The summed E-state index contributed by atoms with van der Waals surface area (Å²) in [6.45, 7) is 1.90. The molecular formula is C7H7O2P. The molecule has 1 rings (SSSR count). The van der Waals surface area contributed by atoms with E-state index in [1.165, 1.54) is 0 Å². The van der Waals surface area contributed by atoms with Crippen molar-refractivity contribution in [3.05, 3.63) is 29.8 Å². The van der Waals surface area contributed by atoms with Crippen LogP contribution < -0.4 is 4.52 Å². The Labute approximate surface area is 61.1 Å². The molecule has 10 heavy (non-hydrogen) atoms. The second-order valence-corrected chi connectivity index (χ2v) is 2.26. The van der Waals surface area contributed by atoms with Crippen molar-refractivity contribution in [2.45, 2.75) is 6.92 Å². The molecule has 0 N–H and O–H groups in total. The average molecular weight is 154 g/mol. The largest absolute Gasteiger partial charge is 0.407 e. The molecule has 0 bridgehead atoms. The van der Waals surface area contributed by atoms with Crippen LogP contribution in [-0.2, 0) is 4.57 Å². The van der Waals surface area contributed by atoms with Gasteiger partial charge in [0.1, 0.15) is 5.75 Å². The van der Waals surface area contributed by atoms with Gasteiger partial charge in [-0.25, -0.2) is 4.57 Å². The minimum Gasteiger partial charge on any atom is -0.407 e. The molecule has 0 aromatic heterocycles. The Morgan fingerprint density at radius 3 is 2.70 bits per heavy atom. The number of aryl methyl sites for hydroxylation is 1. The average Bonchev–Trinajstić information content (AvgIpc) is 1.94. The van der Waals surface area contributed by atoms with Gasteiger partial charge in [-0.1, -0.05) is 18.2 Å². The Morgan fingerprint density at radius 1 is 1.40 bits per heavy atom. The van der Waals surface area contributed by atoms with E-state index in [1.807, 2.05) is 25.1 Å². The van der Waals surface area contributed by atoms with E-state index >= 15 is 0 Å². The van der Waals surface area contributed by atoms with Crippen molar-refractivity contribution < 1.29 is 9.09 Å². The zero-order valence-corrected chi connectivity index (χ0v) is 6.47. The van der Waals surface area contributed by atoms with Gasteiger partial charge in [-0.3, -0.25) is 0 Å². The van der Waals surface area contributed by atoms with Crippen LogP contribution in [0.4, 0.5) is 0 Å². The zero-order chi connectivity index (χ0) is 7.40. The lowest BCUT2D eigenvalue weighted by Gasteiger charge is -1.98. The van der Waals surface area contributed by atoms with Crippen LogP contribution in [0.25, 0.3) is 0 Å². The summed E-state index contributed by atoms with van der Waals surface area (Å²) in [6, 6.07) is 7.43. The molecule has 0 amide bonds. The molecule has 2 nitrogen and oxygen atoms in total. The van der Waals surface area contributed by atoms with E-state index in [1.54, 1.807) is 6.07 Å². The quantitative estimate of drug-likeness (QED) is 0.612. The maximum Gasteiger partial charge on any atom is 0.395 e. The van der Waals surface area contributed by atoms with Gasteiger partial charge in [0.15, 0.2) is 0 Å². The van der Waals surface area contributed by atoms with Crippen molar-refractivity contribution in [2.75, 3.05) is 0 Å². The summed E-state index contributed by atoms with van der Waals surface area (Å²) in [4.78, 5) is 0. The molecule has 0 radical (unpaired) electrons. The summed E-state index contributed by atoms with van der Waals surface area (Å²) >= 11 is 0. The van der Waals surface area contributed by atoms with Gasteiger partial charge in [0.2, 0.25) is 0 Å². The zero-order valence-electron chi connectivity index (χ0n) is 5.57. The third-order valence-electron chi connectivity index (χ3n) is 1.23. The first-order chi connectivity index (χ1) is 4.84. The lowest BCUT2D eigenvalue weighted by atomic mass is 10.2. The van der Waals surface area contributed by atoms with E-state index in [0.717, 1.165) is 5.56 Å². The molecule has 0 aliphatic rings. The van der Waals surface area contributed by atoms with Crippen LogP contribution in [0.5, 0.6) is 5.75 Å². The highest BCUT2D eigenvalue weighted by Gasteiger charge is 1.94. The van der Waals surface area contributed by atoms with E-state index in [9.17, 15) is 4.57 Å². The molecule has 0 unspecified atom stereocenters. The fraction of sp³-hybridized carbons (Fsp3) is 0.143. The number of hydrogen-bond donors (Lipinski definition) is 0. The smallest absolute Gasteiger partial charge is 0.395 e. The van der Waals surface area contributed by atoms with Crippen LogP contribution in [0.3, 0.4) is 0 Å². The van der Waals surface area contributed by atoms with E-state index in [4.69, 9.17) is 4.52 Å². The number of benzene rings is 1. The first-order valence-corrected chi connectivity index (χ1v) is 3.63. The van der Waals surface area contributed by atoms with Crippen LogP contribution in [-0.4, -0.2) is 0 Å². The van der Waals surface area contributed by atoms with Crippen molar-refractivity contribution in [3.8, 4) is 5.75 Å². The molecule has 0 atom stereocenters. The Morgan fingerprint density at radius 2 is 2.10 bits per heavy atom. The standard InChI is InChI=1S/C7H7O2P/c1-6-4-2-3-5-7(6)9-10-8/h2-5H,1H3. The number of rotatable bonds is 2. The van der Waals surface area contributed by atoms with Gasteiger partial charge in [0, 0.05) is 0 Å². The monoisotopic (exact) mass is 154 g/mol. The minimum atomic E-state index is -0.300. The maximum absolute atomic E-state index is 10.0. The second-order valence-electron chi connectivity index (χ2n) is 1.93. The number of para-hydroxylation sites is 1. The molecule has 0 aliphatic heterocycles. The summed E-state index contributed by atoms with van der Waals surface area (Å²) in [5, 5.41) is 0. The van der Waals surface area contributed by atoms with Gasteiger partial charge < -0.3 is 4.52 Å². The van der Waals surface area contributed by atoms with Gasteiger partial charge in [-0.2, -0.15) is 0 Å². The highest BCUT2D eigenvalue weighted by Crippen LogP contribution is 2.19. The molecule has 0 saturated heterocycles. The van der Waals surface area contributed by atoms with Gasteiger partial charge in [0.25, 0.3) is 0 Å². The fourth-order valence-electron chi connectivity index (χ4n) is 0.699. The molecule has 52 valence electrons. The van der Waals surface area contributed by atoms with Crippen LogP contribution in [0, 0.1) is 6.92 Å². The summed E-state index contributed by atoms with van der Waals surface area (Å²) in [5.74, 6) is 0.666. The molecule has 0 saturated carbocycles. The van der Waals surface area contributed by atoms with Crippen LogP contribution in [0.1, 0.15) is 5.56 Å². The lowest BCUT2D eigenvalue weighted by molar-refractivity contribution is 0.523. The maximum atomic E-state index is 10.0. The van der Waals surface area contributed by atoms with Crippen molar-refractivity contribution in [2.24, 2.45) is 0 Å². The third-order valence-corrected chi connectivity index (χ3v) is 1.50. The van der Waals surface area contributed by atoms with Gasteiger partial charge >= 0.3 is 8.69 Å². The Balaban J connectivity index is 2.91. The Kier molecular flexibility index (Phi) is 2.41. The summed E-state index contributed by atoms with van der Waals surface area (Å²) in [6.07, 6.45) is 0. The molecule has 0 aliphatic carbocycles. The highest BCUT2D eigenvalue weighted by atomic mass is 31.1. The number of hydrogen-bond acceptors (Lipinski definition) is 2. The lowest BCUT2D eigenvalue weighted by Crippen LogP contribution is -1.78. The molecule has 0 spiro atoms. The van der Waals surface area contributed by atoms with Crippen molar-refractivity contribution in [1.29, 1.82) is 0 Å². The van der Waals surface area contributed by atoms with Crippen molar-refractivity contribution in [1.82, 2.24) is 0 Å². The third kappa shape index (κ3) is 1.55. The van der Waals surface area contributed by atoms with Gasteiger partial charge in [-0.05, 0) is 18.6 Å². The fourth-order valence-corrected chi connectivity index (χ4v) is 0.984. The predicted molar refractivity (Wildman–Crippen MR) is 39.4 cm³/mol. The normalized spacial score (nSPS) is 9.70. The topological polar surface area (TPSA) is 26.3 Å². The summed E-state index contributed by atoms with van der Waals surface area (Å²) < 4.78 is 14.8. The van der Waals surface area contributed by atoms with Gasteiger partial charge in [-0.15, -0.1) is 0 Å². The Bertz CT molecular complexity index is 235. The molecule has 0 fully saturated rings. The van der Waals surface area contributed by atoms with E-state index < -0.39 is 0 Å². The van der Waals surface area contributed by atoms with Crippen LogP contribution in [0.15, 0.2) is 24.3 Å². The minimum absolute atomic E-state index is 0.300. The van der Waals surface area contributed by atoms with Crippen molar-refractivity contribution >= 4 is 8.69 Å². The first-order valence-electron chi connectivity index (χ1n) is 2.90. The van der Waals surface area contributed by atoms with E-state index in [2.05, 4.69) is 0 Å². The van der Waals surface area contributed by atoms with Crippen LogP contribution >= 0.6 is 8.69 Å². The highest BCUT2D eigenvalue weighted by molar-refractivity contribution is 7.17. The second kappa shape index (κ2) is 3.33. The molecular weight excluding hydrogens is 147 g/mol. The molecule has 3 heteroatoms. The van der Waals surface area contributed by atoms with E-state index in [-0.39, 0.29) is 8.69 Å². The summed E-state index contributed by atoms with van der Waals surface area (Å²) in [7, 11) is -0.300. The first kappa shape index (κ1) is 7.23. The molecule has 0 heterocycles. The summed E-state index contributed by atoms with van der Waals surface area (Å²) in [5.41, 5.74) is 0.992. The molecule has 1 aromatic carbocycles. The predicted octanol–water partition coefficient (Wildman–Crippen LogP) is 2.58. The van der Waals surface area contributed by atoms with Crippen molar-refractivity contribution in [3.63, 3.8) is 0 Å². The van der Waals surface area contributed by atoms with E-state index in [0.29, 0.717) is 5.75 Å². The SMILES string of the molecule is Cc1ccccc1OP=O. The van der Waals surface area contributed by atoms with Crippen LogP contribution in [0.2, 0.25) is 0 Å². The Hall–Kier alpha value is -0.880. The van der Waals surface area contributed by atoms with Gasteiger partial charge in [0.05, 0.1) is 0 Å².